The summed E-state index contributed by atoms with van der Waals surface area (Å²) in [6, 6.07) is 3.03. The van der Waals surface area contributed by atoms with Gasteiger partial charge in [0.15, 0.2) is 5.75 Å². The number of ether oxygens (including phenoxy) is 1. The molecular formula is C11H10F3NO6S. The fraction of sp³-hybridized carbons (Fsp3) is 0.273. The molecule has 7 nitrogen and oxygen atoms in total. The maximum atomic E-state index is 12.3. The van der Waals surface area contributed by atoms with Crippen LogP contribution in [-0.2, 0) is 19.6 Å². The molecule has 22 heavy (non-hydrogen) atoms. The third-order valence-corrected chi connectivity index (χ3v) is 3.18. The van der Waals surface area contributed by atoms with Crippen molar-refractivity contribution in [1.29, 1.82) is 0 Å². The molecule has 0 unspecified atom stereocenters. The lowest BCUT2D eigenvalue weighted by Crippen LogP contribution is -2.28. The molecule has 1 N–H and O–H groups in total. The van der Waals surface area contributed by atoms with Crippen LogP contribution in [0.3, 0.4) is 0 Å². The van der Waals surface area contributed by atoms with E-state index in [1.165, 1.54) is 0 Å². The zero-order valence-electron chi connectivity index (χ0n) is 11.2. The highest BCUT2D eigenvalue weighted by atomic mass is 32.2. The number of esters is 1. The fourth-order valence-corrected chi connectivity index (χ4v) is 1.82. The largest absolute Gasteiger partial charge is 0.534 e. The summed E-state index contributed by atoms with van der Waals surface area (Å²) in [7, 11) is -4.96. The number of benzene rings is 1. The first kappa shape index (κ1) is 17.8. The lowest BCUT2D eigenvalue weighted by Gasteiger charge is -2.15. The van der Waals surface area contributed by atoms with E-state index < -0.39 is 38.9 Å². The number of nitrogens with one attached hydrogen (secondary N) is 1. The summed E-state index contributed by atoms with van der Waals surface area (Å²) in [6.07, 6.45) is 0. The van der Waals surface area contributed by atoms with Crippen LogP contribution in [0.1, 0.15) is 17.3 Å². The van der Waals surface area contributed by atoms with Crippen molar-refractivity contribution in [2.24, 2.45) is 0 Å². The van der Waals surface area contributed by atoms with Gasteiger partial charge in [0, 0.05) is 6.92 Å². The molecule has 11 heteroatoms. The number of amides is 1. The number of hydrogen-bond donors (Lipinski definition) is 1. The molecule has 0 aliphatic heterocycles. The van der Waals surface area contributed by atoms with Gasteiger partial charge in [0.1, 0.15) is 0 Å². The van der Waals surface area contributed by atoms with E-state index in [4.69, 9.17) is 0 Å². The number of halogens is 3. The average Bonchev–Trinajstić information content (AvgIpc) is 2.37. The molecule has 1 aromatic rings. The van der Waals surface area contributed by atoms with Gasteiger partial charge in [-0.3, -0.25) is 4.79 Å². The summed E-state index contributed by atoms with van der Waals surface area (Å²) in [5.41, 5.74) is -6.58. The van der Waals surface area contributed by atoms with Crippen molar-refractivity contribution in [2.75, 3.05) is 12.4 Å². The van der Waals surface area contributed by atoms with Gasteiger partial charge in [-0.05, 0) is 12.1 Å². The zero-order valence-corrected chi connectivity index (χ0v) is 12.0. The van der Waals surface area contributed by atoms with Gasteiger partial charge in [-0.25, -0.2) is 4.79 Å². The first-order valence-electron chi connectivity index (χ1n) is 5.49. The Bertz CT molecular complexity index is 698. The Morgan fingerprint density at radius 3 is 2.27 bits per heavy atom. The van der Waals surface area contributed by atoms with Crippen LogP contribution in [0.15, 0.2) is 18.2 Å². The van der Waals surface area contributed by atoms with Crippen LogP contribution in [-0.4, -0.2) is 32.9 Å². The van der Waals surface area contributed by atoms with E-state index in [2.05, 4.69) is 8.92 Å². The highest BCUT2D eigenvalue weighted by Gasteiger charge is 2.49. The van der Waals surface area contributed by atoms with Gasteiger partial charge in [0.25, 0.3) is 0 Å². The minimum Gasteiger partial charge on any atom is -0.465 e. The number of methoxy groups -OCH3 is 1. The molecule has 0 aliphatic carbocycles. The van der Waals surface area contributed by atoms with Crippen molar-refractivity contribution < 1.29 is 40.1 Å². The Morgan fingerprint density at radius 2 is 1.82 bits per heavy atom. The monoisotopic (exact) mass is 341 g/mol. The molecule has 0 saturated carbocycles. The molecular weight excluding hydrogens is 331 g/mol. The summed E-state index contributed by atoms with van der Waals surface area (Å²) in [5, 5.41) is 2.03. The highest BCUT2D eigenvalue weighted by Crippen LogP contribution is 2.34. The summed E-state index contributed by atoms with van der Waals surface area (Å²) in [6.45, 7) is 1.01. The molecule has 0 fully saturated rings. The van der Waals surface area contributed by atoms with E-state index in [-0.39, 0.29) is 5.56 Å². The van der Waals surface area contributed by atoms with Gasteiger partial charge < -0.3 is 14.2 Å². The smallest absolute Gasteiger partial charge is 0.465 e. The SMILES string of the molecule is COC(=O)c1cccc(OS(=O)(=O)C(F)(F)F)c1NC(C)=O. The number of carbonyl (C=O) groups is 2. The van der Waals surface area contributed by atoms with Crippen LogP contribution >= 0.6 is 0 Å². The van der Waals surface area contributed by atoms with Gasteiger partial charge in [-0.1, -0.05) is 6.07 Å². The Kier molecular flexibility index (Phi) is 5.02. The second-order valence-electron chi connectivity index (χ2n) is 3.83. The third-order valence-electron chi connectivity index (χ3n) is 2.22. The van der Waals surface area contributed by atoms with Crippen LogP contribution in [0.25, 0.3) is 0 Å². The van der Waals surface area contributed by atoms with Crippen LogP contribution in [0.2, 0.25) is 0 Å². The van der Waals surface area contributed by atoms with E-state index in [1.807, 2.05) is 5.32 Å². The third kappa shape index (κ3) is 3.87. The van der Waals surface area contributed by atoms with E-state index in [9.17, 15) is 31.2 Å². The predicted molar refractivity (Wildman–Crippen MR) is 67.7 cm³/mol. The van der Waals surface area contributed by atoms with Gasteiger partial charge in [0.2, 0.25) is 5.91 Å². The molecule has 0 bridgehead atoms. The van der Waals surface area contributed by atoms with Crippen molar-refractivity contribution >= 4 is 27.7 Å². The topological polar surface area (TPSA) is 98.8 Å². The van der Waals surface area contributed by atoms with Crippen molar-refractivity contribution in [3.05, 3.63) is 23.8 Å². The minimum atomic E-state index is -5.96. The summed E-state index contributed by atoms with van der Waals surface area (Å²) >= 11 is 0. The second kappa shape index (κ2) is 6.22. The Balaban J connectivity index is 3.42. The standard InChI is InChI=1S/C11H10F3NO6S/c1-6(16)15-9-7(10(17)20-2)4-3-5-8(9)21-22(18,19)11(12,13)14/h3-5H,1-2H3,(H,15,16). The van der Waals surface area contributed by atoms with Gasteiger partial charge in [-0.15, -0.1) is 0 Å². The van der Waals surface area contributed by atoms with Crippen LogP contribution < -0.4 is 9.50 Å². The molecule has 0 radical (unpaired) electrons. The maximum Gasteiger partial charge on any atom is 0.534 e. The van der Waals surface area contributed by atoms with Gasteiger partial charge in [0.05, 0.1) is 18.4 Å². The number of carbonyl (C=O) groups excluding carboxylic acids is 2. The molecule has 0 atom stereocenters. The highest BCUT2D eigenvalue weighted by molar-refractivity contribution is 7.88. The number of alkyl halides is 3. The quantitative estimate of drug-likeness (QED) is 0.508. The summed E-state index contributed by atoms with van der Waals surface area (Å²) in [5.74, 6) is -2.63. The zero-order chi connectivity index (χ0) is 17.1. The van der Waals surface area contributed by atoms with E-state index in [1.54, 1.807) is 0 Å². The Labute approximate surface area is 123 Å². The van der Waals surface area contributed by atoms with Crippen molar-refractivity contribution in [1.82, 2.24) is 0 Å². The Morgan fingerprint density at radius 1 is 1.23 bits per heavy atom. The van der Waals surface area contributed by atoms with Crippen LogP contribution in [0.5, 0.6) is 5.75 Å². The first-order valence-corrected chi connectivity index (χ1v) is 6.90. The molecule has 1 rings (SSSR count). The molecule has 0 aromatic heterocycles. The molecule has 1 aromatic carbocycles. The van der Waals surface area contributed by atoms with E-state index in [0.29, 0.717) is 0 Å². The maximum absolute atomic E-state index is 12.3. The van der Waals surface area contributed by atoms with E-state index >= 15 is 0 Å². The Hall–Kier alpha value is -2.30. The normalized spacial score (nSPS) is 11.7. The molecule has 0 spiro atoms. The molecule has 0 aliphatic rings. The molecule has 122 valence electrons. The number of para-hydroxylation sites is 1. The number of rotatable bonds is 4. The minimum absolute atomic E-state index is 0.368. The molecule has 1 amide bonds. The predicted octanol–water partition coefficient (Wildman–Crippen LogP) is 1.66. The van der Waals surface area contributed by atoms with Crippen molar-refractivity contribution in [3.63, 3.8) is 0 Å². The summed E-state index contributed by atoms with van der Waals surface area (Å²) < 4.78 is 67.5. The summed E-state index contributed by atoms with van der Waals surface area (Å²) in [4.78, 5) is 22.6. The first-order chi connectivity index (χ1) is 9.99. The molecule has 0 heterocycles. The fourth-order valence-electron chi connectivity index (χ4n) is 1.35. The van der Waals surface area contributed by atoms with Gasteiger partial charge in [-0.2, -0.15) is 21.6 Å². The van der Waals surface area contributed by atoms with E-state index in [0.717, 1.165) is 32.2 Å². The average molecular weight is 341 g/mol. The van der Waals surface area contributed by atoms with Crippen molar-refractivity contribution in [3.8, 4) is 5.75 Å². The molecule has 0 saturated heterocycles. The second-order valence-corrected chi connectivity index (χ2v) is 5.37. The lowest BCUT2D eigenvalue weighted by molar-refractivity contribution is -0.114. The number of hydrogen-bond acceptors (Lipinski definition) is 6. The van der Waals surface area contributed by atoms with Crippen LogP contribution in [0.4, 0.5) is 18.9 Å². The lowest BCUT2D eigenvalue weighted by atomic mass is 10.1. The number of anilines is 1. The van der Waals surface area contributed by atoms with Gasteiger partial charge >= 0.3 is 21.6 Å². The van der Waals surface area contributed by atoms with Crippen molar-refractivity contribution in [2.45, 2.75) is 12.4 Å². The van der Waals surface area contributed by atoms with Crippen LogP contribution in [0, 0.1) is 0 Å².